The molecule has 0 spiro atoms. The van der Waals surface area contributed by atoms with Gasteiger partial charge in [-0.1, -0.05) is 140 Å². The summed E-state index contributed by atoms with van der Waals surface area (Å²) < 4.78 is 9.07. The third-order valence-corrected chi connectivity index (χ3v) is 12.0. The van der Waals surface area contributed by atoms with Gasteiger partial charge in [-0.15, -0.1) is 11.3 Å². The van der Waals surface area contributed by atoms with Crippen molar-refractivity contribution in [1.29, 1.82) is 0 Å². The molecule has 0 amide bonds. The Morgan fingerprint density at radius 3 is 1.85 bits per heavy atom. The zero-order chi connectivity index (χ0) is 36.3. The minimum Gasteiger partial charge on any atom is -0.456 e. The lowest BCUT2D eigenvalue weighted by molar-refractivity contribution is 0.669. The van der Waals surface area contributed by atoms with Crippen molar-refractivity contribution in [3.05, 3.63) is 200 Å². The van der Waals surface area contributed by atoms with E-state index in [4.69, 9.17) is 4.42 Å². The highest BCUT2D eigenvalue weighted by atomic mass is 32.1. The van der Waals surface area contributed by atoms with E-state index < -0.39 is 0 Å². The zero-order valence-corrected chi connectivity index (χ0v) is 30.6. The van der Waals surface area contributed by atoms with Gasteiger partial charge >= 0.3 is 0 Å². The second-order valence-electron chi connectivity index (χ2n) is 14.1. The summed E-state index contributed by atoms with van der Waals surface area (Å²) in [6.07, 6.45) is 0. The molecule has 2 nitrogen and oxygen atoms in total. The molecule has 0 bridgehead atoms. The molecule has 0 aliphatic rings. The predicted molar refractivity (Wildman–Crippen MR) is 235 cm³/mol. The largest absolute Gasteiger partial charge is 0.456 e. The van der Waals surface area contributed by atoms with Crippen LogP contribution in [0.25, 0.3) is 86.3 Å². The predicted octanol–water partition coefficient (Wildman–Crippen LogP) is 15.6. The average molecular weight is 720 g/mol. The molecule has 11 rings (SSSR count). The first kappa shape index (κ1) is 31.6. The van der Waals surface area contributed by atoms with Crippen LogP contribution in [0, 0.1) is 0 Å². The molecule has 0 saturated heterocycles. The minimum absolute atomic E-state index is 0.866. The highest BCUT2D eigenvalue weighted by molar-refractivity contribution is 7.25. The molecule has 2 heterocycles. The van der Waals surface area contributed by atoms with Crippen LogP contribution in [0.1, 0.15) is 0 Å². The first-order chi connectivity index (χ1) is 27.2. The van der Waals surface area contributed by atoms with Crippen molar-refractivity contribution in [2.75, 3.05) is 4.90 Å². The van der Waals surface area contributed by atoms with Crippen LogP contribution in [0.3, 0.4) is 0 Å². The molecule has 55 heavy (non-hydrogen) atoms. The molecular weight excluding hydrogens is 687 g/mol. The Morgan fingerprint density at radius 2 is 0.964 bits per heavy atom. The number of hydrogen-bond donors (Lipinski definition) is 0. The smallest absolute Gasteiger partial charge is 0.137 e. The molecule has 0 atom stereocenters. The van der Waals surface area contributed by atoms with Crippen molar-refractivity contribution >= 4 is 81.3 Å². The topological polar surface area (TPSA) is 16.4 Å². The average Bonchev–Trinajstić information content (AvgIpc) is 3.81. The van der Waals surface area contributed by atoms with Crippen LogP contribution >= 0.6 is 11.3 Å². The Morgan fingerprint density at radius 1 is 0.345 bits per heavy atom. The standard InChI is InChI=1S/C52H33NOS/c1-2-13-35-30-37(25-24-34(35)12-1)42-17-4-3-16-41(42)36-14-11-15-39(31-36)53(40-27-29-45-44-19-6-9-22-49(44)54-50(45)33-40)48-21-8-5-18-43(48)38-26-28-47-46-20-7-10-23-51(46)55-52(47)32-38/h1-33H. The van der Waals surface area contributed by atoms with Crippen molar-refractivity contribution in [3.8, 4) is 33.4 Å². The highest BCUT2D eigenvalue weighted by Crippen LogP contribution is 2.45. The van der Waals surface area contributed by atoms with Gasteiger partial charge in [-0.3, -0.25) is 0 Å². The first-order valence-electron chi connectivity index (χ1n) is 18.7. The van der Waals surface area contributed by atoms with E-state index in [9.17, 15) is 0 Å². The first-order valence-corrected chi connectivity index (χ1v) is 19.5. The number of rotatable bonds is 6. The Bertz CT molecular complexity index is 3240. The minimum atomic E-state index is 0.866. The van der Waals surface area contributed by atoms with Crippen LogP contribution in [0.5, 0.6) is 0 Å². The van der Waals surface area contributed by atoms with Gasteiger partial charge in [0.15, 0.2) is 0 Å². The molecule has 11 aromatic rings. The van der Waals surface area contributed by atoms with Crippen LogP contribution in [0.4, 0.5) is 17.1 Å². The molecule has 9 aromatic carbocycles. The number of nitrogens with zero attached hydrogens (tertiary/aromatic N) is 1. The number of para-hydroxylation sites is 2. The van der Waals surface area contributed by atoms with E-state index in [2.05, 4.69) is 193 Å². The lowest BCUT2D eigenvalue weighted by Gasteiger charge is -2.28. The van der Waals surface area contributed by atoms with Crippen LogP contribution in [-0.2, 0) is 0 Å². The number of hydrogen-bond acceptors (Lipinski definition) is 3. The van der Waals surface area contributed by atoms with E-state index in [1.54, 1.807) is 0 Å². The maximum Gasteiger partial charge on any atom is 0.137 e. The fourth-order valence-corrected chi connectivity index (χ4v) is 9.39. The van der Waals surface area contributed by atoms with Gasteiger partial charge in [0.1, 0.15) is 11.2 Å². The maximum atomic E-state index is 6.47. The number of benzene rings is 9. The van der Waals surface area contributed by atoms with Gasteiger partial charge < -0.3 is 9.32 Å². The van der Waals surface area contributed by atoms with Crippen LogP contribution in [0.15, 0.2) is 205 Å². The van der Waals surface area contributed by atoms with Crippen LogP contribution < -0.4 is 4.90 Å². The van der Waals surface area contributed by atoms with Crippen molar-refractivity contribution in [3.63, 3.8) is 0 Å². The van der Waals surface area contributed by atoms with Gasteiger partial charge in [0.2, 0.25) is 0 Å². The van der Waals surface area contributed by atoms with E-state index in [1.165, 1.54) is 53.2 Å². The summed E-state index contributed by atoms with van der Waals surface area (Å²) in [6.45, 7) is 0. The molecule has 0 radical (unpaired) electrons. The van der Waals surface area contributed by atoms with E-state index in [0.29, 0.717) is 0 Å². The van der Waals surface area contributed by atoms with Gasteiger partial charge in [-0.2, -0.15) is 0 Å². The molecule has 0 aliphatic carbocycles. The quantitative estimate of drug-likeness (QED) is 0.170. The molecule has 258 valence electrons. The normalized spacial score (nSPS) is 11.6. The number of furan rings is 1. The van der Waals surface area contributed by atoms with Crippen molar-refractivity contribution in [2.45, 2.75) is 0 Å². The molecule has 0 saturated carbocycles. The van der Waals surface area contributed by atoms with E-state index >= 15 is 0 Å². The Balaban J connectivity index is 1.10. The monoisotopic (exact) mass is 719 g/mol. The van der Waals surface area contributed by atoms with Crippen LogP contribution in [0.2, 0.25) is 0 Å². The Labute approximate surface area is 322 Å². The van der Waals surface area contributed by atoms with Crippen LogP contribution in [-0.4, -0.2) is 0 Å². The fraction of sp³-hybridized carbons (Fsp3) is 0. The summed E-state index contributed by atoms with van der Waals surface area (Å²) >= 11 is 1.85. The van der Waals surface area contributed by atoms with E-state index in [0.717, 1.165) is 50.1 Å². The number of fused-ring (bicyclic) bond motifs is 7. The van der Waals surface area contributed by atoms with Gasteiger partial charge in [0.05, 0.1) is 5.69 Å². The second kappa shape index (κ2) is 12.9. The molecule has 0 aliphatic heterocycles. The summed E-state index contributed by atoms with van der Waals surface area (Å²) in [7, 11) is 0. The summed E-state index contributed by atoms with van der Waals surface area (Å²) in [4.78, 5) is 2.39. The number of thiophene rings is 1. The lowest BCUT2D eigenvalue weighted by Crippen LogP contribution is -2.11. The third kappa shape index (κ3) is 5.40. The maximum absolute atomic E-state index is 6.47. The van der Waals surface area contributed by atoms with E-state index in [1.807, 2.05) is 23.5 Å². The molecule has 0 fully saturated rings. The fourth-order valence-electron chi connectivity index (χ4n) is 8.24. The second-order valence-corrected chi connectivity index (χ2v) is 15.2. The highest BCUT2D eigenvalue weighted by Gasteiger charge is 2.20. The zero-order valence-electron chi connectivity index (χ0n) is 29.8. The number of anilines is 3. The van der Waals surface area contributed by atoms with Gasteiger partial charge in [-0.05, 0) is 93.2 Å². The van der Waals surface area contributed by atoms with E-state index in [-0.39, 0.29) is 0 Å². The molecule has 0 unspecified atom stereocenters. The Hall–Kier alpha value is -6.94. The summed E-state index contributed by atoms with van der Waals surface area (Å²) in [6, 6.07) is 72.3. The SMILES string of the molecule is c1cc(-c2ccccc2-c2ccc3ccccc3c2)cc(N(c2ccc3c(c2)oc2ccccc23)c2ccccc2-c2ccc3c(c2)sc2ccccc23)c1. The van der Waals surface area contributed by atoms with Crippen molar-refractivity contribution in [1.82, 2.24) is 0 Å². The van der Waals surface area contributed by atoms with Gasteiger partial charge in [0, 0.05) is 53.9 Å². The molecule has 2 aromatic heterocycles. The summed E-state index contributed by atoms with van der Waals surface area (Å²) in [5, 5.41) is 7.32. The molecular formula is C52H33NOS. The third-order valence-electron chi connectivity index (χ3n) is 10.9. The molecule has 3 heteroatoms. The summed E-state index contributed by atoms with van der Waals surface area (Å²) in [5.41, 5.74) is 12.0. The van der Waals surface area contributed by atoms with Gasteiger partial charge in [0.25, 0.3) is 0 Å². The van der Waals surface area contributed by atoms with Crippen molar-refractivity contribution in [2.24, 2.45) is 0 Å². The Kier molecular flexibility index (Phi) is 7.39. The summed E-state index contributed by atoms with van der Waals surface area (Å²) in [5.74, 6) is 0. The van der Waals surface area contributed by atoms with Gasteiger partial charge in [-0.25, -0.2) is 0 Å². The van der Waals surface area contributed by atoms with Crippen molar-refractivity contribution < 1.29 is 4.42 Å². The molecule has 0 N–H and O–H groups in total. The lowest BCUT2D eigenvalue weighted by atomic mass is 9.93.